The van der Waals surface area contributed by atoms with Gasteiger partial charge in [0.2, 0.25) is 11.8 Å². The lowest BCUT2D eigenvalue weighted by Crippen LogP contribution is -2.53. The standard InChI is InChI=1S/C34H34BrCl2N3O4S/c1-2-3-20-38-34(42)32(21-25-12-6-4-7-13-25)39(23-29-30(36)18-11-19-31(29)37)33(41)24-40(27-15-10-14-26(35)22-27)45(43,44)28-16-8-5-9-17-28/h4-19,22,32H,2-3,20-21,23-24H2,1H3,(H,38,42). The predicted molar refractivity (Wildman–Crippen MR) is 184 cm³/mol. The van der Waals surface area contributed by atoms with Crippen LogP contribution in [0.15, 0.2) is 112 Å². The van der Waals surface area contributed by atoms with Crippen molar-refractivity contribution in [2.45, 2.75) is 43.7 Å². The molecular formula is C34H34BrCl2N3O4S. The third-order valence-electron chi connectivity index (χ3n) is 7.20. The second-order valence-corrected chi connectivity index (χ2v) is 14.0. The van der Waals surface area contributed by atoms with E-state index in [1.807, 2.05) is 37.3 Å². The van der Waals surface area contributed by atoms with Crippen molar-refractivity contribution >= 4 is 66.7 Å². The smallest absolute Gasteiger partial charge is 0.264 e. The van der Waals surface area contributed by atoms with Crippen molar-refractivity contribution in [3.05, 3.63) is 129 Å². The van der Waals surface area contributed by atoms with Crippen LogP contribution < -0.4 is 9.62 Å². The predicted octanol–water partition coefficient (Wildman–Crippen LogP) is 7.51. The van der Waals surface area contributed by atoms with Crippen molar-refractivity contribution in [1.29, 1.82) is 0 Å². The molecule has 0 heterocycles. The van der Waals surface area contributed by atoms with E-state index in [1.165, 1.54) is 17.0 Å². The topological polar surface area (TPSA) is 86.8 Å². The van der Waals surface area contributed by atoms with Crippen LogP contribution in [-0.2, 0) is 32.6 Å². The van der Waals surface area contributed by atoms with Gasteiger partial charge >= 0.3 is 0 Å². The summed E-state index contributed by atoms with van der Waals surface area (Å²) in [7, 11) is -4.20. The molecule has 4 aromatic rings. The SMILES string of the molecule is CCCCNC(=O)C(Cc1ccccc1)N(Cc1c(Cl)cccc1Cl)C(=O)CN(c1cccc(Br)c1)S(=O)(=O)c1ccccc1. The van der Waals surface area contributed by atoms with Crippen LogP contribution in [0.4, 0.5) is 5.69 Å². The summed E-state index contributed by atoms with van der Waals surface area (Å²) in [6, 6.07) is 28.0. The number of nitrogens with one attached hydrogen (secondary N) is 1. The van der Waals surface area contributed by atoms with E-state index < -0.39 is 28.5 Å². The van der Waals surface area contributed by atoms with Crippen LogP contribution >= 0.6 is 39.1 Å². The van der Waals surface area contributed by atoms with E-state index in [9.17, 15) is 18.0 Å². The van der Waals surface area contributed by atoms with Crippen LogP contribution in [0.5, 0.6) is 0 Å². The molecule has 4 rings (SSSR count). The molecule has 1 unspecified atom stereocenters. The number of unbranched alkanes of at least 4 members (excludes halogenated alkanes) is 1. The highest BCUT2D eigenvalue weighted by Gasteiger charge is 2.35. The van der Waals surface area contributed by atoms with Gasteiger partial charge in [-0.15, -0.1) is 0 Å². The summed E-state index contributed by atoms with van der Waals surface area (Å²) in [6.45, 7) is 1.76. The second-order valence-electron chi connectivity index (χ2n) is 10.4. The van der Waals surface area contributed by atoms with E-state index in [0.29, 0.717) is 26.6 Å². The van der Waals surface area contributed by atoms with Crippen molar-refractivity contribution in [2.24, 2.45) is 0 Å². The fraction of sp³-hybridized carbons (Fsp3) is 0.235. The Morgan fingerprint density at radius 1 is 0.867 bits per heavy atom. The number of benzene rings is 4. The van der Waals surface area contributed by atoms with Crippen molar-refractivity contribution in [2.75, 3.05) is 17.4 Å². The summed E-state index contributed by atoms with van der Waals surface area (Å²) in [5.41, 5.74) is 1.56. The molecule has 0 spiro atoms. The van der Waals surface area contributed by atoms with E-state index in [0.717, 1.165) is 22.7 Å². The molecule has 0 fully saturated rings. The summed E-state index contributed by atoms with van der Waals surface area (Å²) in [6.07, 6.45) is 1.83. The lowest BCUT2D eigenvalue weighted by Gasteiger charge is -2.34. The van der Waals surface area contributed by atoms with Crippen LogP contribution in [-0.4, -0.2) is 44.3 Å². The lowest BCUT2D eigenvalue weighted by atomic mass is 10.0. The van der Waals surface area contributed by atoms with Crippen molar-refractivity contribution < 1.29 is 18.0 Å². The van der Waals surface area contributed by atoms with Crippen LogP contribution in [0.3, 0.4) is 0 Å². The molecule has 4 aromatic carbocycles. The van der Waals surface area contributed by atoms with Crippen molar-refractivity contribution in [3.63, 3.8) is 0 Å². The molecule has 0 aliphatic rings. The van der Waals surface area contributed by atoms with Crippen LogP contribution in [0.2, 0.25) is 10.0 Å². The first kappa shape index (κ1) is 34.5. The highest BCUT2D eigenvalue weighted by molar-refractivity contribution is 9.10. The normalized spacial score (nSPS) is 11.9. The first-order chi connectivity index (χ1) is 21.6. The number of carbonyl (C=O) groups is 2. The number of hydrogen-bond donors (Lipinski definition) is 1. The largest absolute Gasteiger partial charge is 0.354 e. The number of nitrogens with zero attached hydrogens (tertiary/aromatic N) is 2. The molecule has 0 aromatic heterocycles. The maximum Gasteiger partial charge on any atom is 0.264 e. The molecule has 0 radical (unpaired) electrons. The summed E-state index contributed by atoms with van der Waals surface area (Å²) in [5, 5.41) is 3.62. The van der Waals surface area contributed by atoms with Gasteiger partial charge in [0.15, 0.2) is 0 Å². The minimum atomic E-state index is -4.20. The molecule has 0 bridgehead atoms. The average molecular weight is 732 g/mol. The van der Waals surface area contributed by atoms with Gasteiger partial charge < -0.3 is 10.2 Å². The number of halogens is 3. The van der Waals surface area contributed by atoms with Gasteiger partial charge in [0.05, 0.1) is 10.6 Å². The quantitative estimate of drug-likeness (QED) is 0.136. The summed E-state index contributed by atoms with van der Waals surface area (Å²) < 4.78 is 29.8. The van der Waals surface area contributed by atoms with Crippen molar-refractivity contribution in [1.82, 2.24) is 10.2 Å². The molecule has 1 N–H and O–H groups in total. The zero-order valence-corrected chi connectivity index (χ0v) is 28.6. The Hall–Kier alpha value is -3.37. The number of sulfonamides is 1. The molecule has 7 nitrogen and oxygen atoms in total. The number of carbonyl (C=O) groups excluding carboxylic acids is 2. The molecule has 0 saturated heterocycles. The Morgan fingerprint density at radius 3 is 2.11 bits per heavy atom. The molecule has 2 amide bonds. The van der Waals surface area contributed by atoms with Gasteiger partial charge in [-0.3, -0.25) is 13.9 Å². The van der Waals surface area contributed by atoms with Gasteiger partial charge in [0.1, 0.15) is 12.6 Å². The summed E-state index contributed by atoms with van der Waals surface area (Å²) in [5.74, 6) is -0.958. The molecule has 0 aliphatic carbocycles. The molecule has 236 valence electrons. The minimum Gasteiger partial charge on any atom is -0.354 e. The fourth-order valence-electron chi connectivity index (χ4n) is 4.79. The van der Waals surface area contributed by atoms with E-state index in [2.05, 4.69) is 21.2 Å². The first-order valence-corrected chi connectivity index (χ1v) is 17.5. The Balaban J connectivity index is 1.82. The van der Waals surface area contributed by atoms with Gasteiger partial charge in [-0.2, -0.15) is 0 Å². The Kier molecular flexibility index (Phi) is 12.5. The van der Waals surface area contributed by atoms with Gasteiger partial charge in [-0.1, -0.05) is 113 Å². The average Bonchev–Trinajstić information content (AvgIpc) is 3.03. The maximum absolute atomic E-state index is 14.5. The molecule has 0 saturated carbocycles. The van der Waals surface area contributed by atoms with Crippen molar-refractivity contribution in [3.8, 4) is 0 Å². The highest BCUT2D eigenvalue weighted by atomic mass is 79.9. The van der Waals surface area contributed by atoms with Gasteiger partial charge in [0.25, 0.3) is 10.0 Å². The van der Waals surface area contributed by atoms with Crippen LogP contribution in [0.1, 0.15) is 30.9 Å². The van der Waals surface area contributed by atoms with Gasteiger partial charge in [0, 0.05) is 39.6 Å². The minimum absolute atomic E-state index is 0.0246. The van der Waals surface area contributed by atoms with E-state index in [-0.39, 0.29) is 29.5 Å². The second kappa shape index (κ2) is 16.3. The zero-order valence-electron chi connectivity index (χ0n) is 24.7. The number of rotatable bonds is 14. The number of hydrogen-bond acceptors (Lipinski definition) is 4. The maximum atomic E-state index is 14.5. The summed E-state index contributed by atoms with van der Waals surface area (Å²) in [4.78, 5) is 29.8. The zero-order chi connectivity index (χ0) is 32.4. The van der Waals surface area contributed by atoms with Gasteiger partial charge in [-0.05, 0) is 54.4 Å². The third-order valence-corrected chi connectivity index (χ3v) is 10.2. The Morgan fingerprint density at radius 2 is 1.49 bits per heavy atom. The van der Waals surface area contributed by atoms with E-state index >= 15 is 0 Å². The molecule has 45 heavy (non-hydrogen) atoms. The molecular weight excluding hydrogens is 697 g/mol. The summed E-state index contributed by atoms with van der Waals surface area (Å²) >= 11 is 16.5. The molecule has 11 heteroatoms. The fourth-order valence-corrected chi connectivity index (χ4v) is 7.12. The first-order valence-electron chi connectivity index (χ1n) is 14.5. The third kappa shape index (κ3) is 9.10. The Labute approximate surface area is 283 Å². The van der Waals surface area contributed by atoms with Crippen LogP contribution in [0, 0.1) is 0 Å². The monoisotopic (exact) mass is 729 g/mol. The highest BCUT2D eigenvalue weighted by Crippen LogP contribution is 2.30. The lowest BCUT2D eigenvalue weighted by molar-refractivity contribution is -0.140. The molecule has 0 aliphatic heterocycles. The van der Waals surface area contributed by atoms with E-state index in [4.69, 9.17) is 23.2 Å². The number of anilines is 1. The number of amides is 2. The Bertz CT molecular complexity index is 1690. The molecule has 1 atom stereocenters. The van der Waals surface area contributed by atoms with E-state index in [1.54, 1.807) is 60.7 Å². The van der Waals surface area contributed by atoms with Gasteiger partial charge in [-0.25, -0.2) is 8.42 Å². The van der Waals surface area contributed by atoms with Crippen LogP contribution in [0.25, 0.3) is 0 Å².